The summed E-state index contributed by atoms with van der Waals surface area (Å²) >= 11 is 7.43. The van der Waals surface area contributed by atoms with E-state index in [1.165, 1.54) is 24.3 Å². The minimum Gasteiger partial charge on any atom is -0.451 e. The first kappa shape index (κ1) is 19.3. The van der Waals surface area contributed by atoms with Crippen LogP contribution in [0.3, 0.4) is 0 Å². The molecule has 0 saturated carbocycles. The van der Waals surface area contributed by atoms with E-state index in [9.17, 15) is 9.59 Å². The van der Waals surface area contributed by atoms with Crippen LogP contribution in [0.1, 0.15) is 33.3 Å². The van der Waals surface area contributed by atoms with E-state index in [1.54, 1.807) is 31.2 Å². The zero-order valence-corrected chi connectivity index (χ0v) is 17.1. The molecule has 0 fully saturated rings. The molecular formula is C21H15ClN2O4S. The van der Waals surface area contributed by atoms with Crippen LogP contribution in [0, 0.1) is 6.92 Å². The van der Waals surface area contributed by atoms with Crippen molar-refractivity contribution in [2.45, 2.75) is 20.0 Å². The van der Waals surface area contributed by atoms with Gasteiger partial charge in [0, 0.05) is 10.6 Å². The number of nitrogens with zero attached hydrogens (tertiary/aromatic N) is 2. The maximum Gasteiger partial charge on any atom is 0.339 e. The smallest absolute Gasteiger partial charge is 0.339 e. The van der Waals surface area contributed by atoms with E-state index in [0.29, 0.717) is 27.4 Å². The Bertz CT molecular complexity index is 1220. The van der Waals surface area contributed by atoms with Crippen molar-refractivity contribution in [1.29, 1.82) is 0 Å². The molecule has 0 aliphatic heterocycles. The highest BCUT2D eigenvalue weighted by atomic mass is 35.5. The monoisotopic (exact) mass is 426 g/mol. The third-order valence-electron chi connectivity index (χ3n) is 4.37. The van der Waals surface area contributed by atoms with Crippen molar-refractivity contribution in [2.24, 2.45) is 0 Å². The van der Waals surface area contributed by atoms with E-state index >= 15 is 0 Å². The molecule has 3 heterocycles. The number of aryl methyl sites for hydroxylation is 1. The Labute approximate surface area is 175 Å². The first-order valence-corrected chi connectivity index (χ1v) is 10.0. The van der Waals surface area contributed by atoms with Gasteiger partial charge in [0.1, 0.15) is 0 Å². The Morgan fingerprint density at radius 1 is 1.21 bits per heavy atom. The van der Waals surface area contributed by atoms with Crippen LogP contribution >= 0.6 is 22.9 Å². The standard InChI is InChI=1S/C21H15ClN2O4S/c1-11-18-15(10-16(17-7-4-8-29-17)23-20(18)28-24-11)21(26)27-12(2)19(25)13-5-3-6-14(22)9-13/h3-10,12H,1-2H3. The van der Waals surface area contributed by atoms with Crippen molar-refractivity contribution in [3.05, 3.63) is 69.7 Å². The average Bonchev–Trinajstić information content (AvgIpc) is 3.37. The lowest BCUT2D eigenvalue weighted by Crippen LogP contribution is -2.24. The average molecular weight is 427 g/mol. The van der Waals surface area contributed by atoms with Crippen molar-refractivity contribution in [2.75, 3.05) is 0 Å². The zero-order valence-electron chi connectivity index (χ0n) is 15.5. The van der Waals surface area contributed by atoms with E-state index in [0.717, 1.165) is 4.88 Å². The second kappa shape index (κ2) is 7.77. The number of benzene rings is 1. The number of Topliss-reactive ketones (excluding diaryl/α,β-unsaturated/α-hetero) is 1. The predicted molar refractivity (Wildman–Crippen MR) is 111 cm³/mol. The van der Waals surface area contributed by atoms with Crippen LogP contribution < -0.4 is 0 Å². The summed E-state index contributed by atoms with van der Waals surface area (Å²) in [6, 6.07) is 11.9. The number of hydrogen-bond acceptors (Lipinski definition) is 7. The minimum absolute atomic E-state index is 0.245. The van der Waals surface area contributed by atoms with Crippen LogP contribution in [0.2, 0.25) is 5.02 Å². The molecule has 1 atom stereocenters. The van der Waals surface area contributed by atoms with Crippen molar-refractivity contribution >= 4 is 45.8 Å². The molecule has 0 radical (unpaired) electrons. The molecule has 0 bridgehead atoms. The maximum absolute atomic E-state index is 12.9. The van der Waals surface area contributed by atoms with Gasteiger partial charge in [0.25, 0.3) is 5.71 Å². The summed E-state index contributed by atoms with van der Waals surface area (Å²) in [5.41, 5.74) is 1.96. The molecule has 29 heavy (non-hydrogen) atoms. The molecule has 4 rings (SSSR count). The molecule has 146 valence electrons. The number of thiophene rings is 1. The van der Waals surface area contributed by atoms with Crippen molar-refractivity contribution in [3.8, 4) is 10.6 Å². The highest BCUT2D eigenvalue weighted by molar-refractivity contribution is 7.13. The summed E-state index contributed by atoms with van der Waals surface area (Å²) in [7, 11) is 0. The molecule has 0 amide bonds. The summed E-state index contributed by atoms with van der Waals surface area (Å²) in [6.45, 7) is 3.25. The fourth-order valence-electron chi connectivity index (χ4n) is 2.96. The number of carbonyl (C=O) groups excluding carboxylic acids is 2. The Hall–Kier alpha value is -3.03. The van der Waals surface area contributed by atoms with Gasteiger partial charge in [-0.1, -0.05) is 35.0 Å². The minimum atomic E-state index is -0.991. The Kier molecular flexibility index (Phi) is 5.17. The van der Waals surface area contributed by atoms with E-state index in [4.69, 9.17) is 20.9 Å². The molecule has 0 saturated heterocycles. The number of ketones is 1. The van der Waals surface area contributed by atoms with Crippen LogP contribution in [0.25, 0.3) is 21.7 Å². The van der Waals surface area contributed by atoms with Gasteiger partial charge in [0.2, 0.25) is 5.78 Å². The Morgan fingerprint density at radius 3 is 2.76 bits per heavy atom. The molecular weight excluding hydrogens is 412 g/mol. The highest BCUT2D eigenvalue weighted by Crippen LogP contribution is 2.30. The third kappa shape index (κ3) is 3.79. The van der Waals surface area contributed by atoms with Crippen molar-refractivity contribution < 1.29 is 18.8 Å². The van der Waals surface area contributed by atoms with Gasteiger partial charge < -0.3 is 9.26 Å². The molecule has 3 aromatic heterocycles. The van der Waals surface area contributed by atoms with Gasteiger partial charge in [-0.2, -0.15) is 0 Å². The number of fused-ring (bicyclic) bond motifs is 1. The van der Waals surface area contributed by atoms with Crippen LogP contribution in [0.15, 0.2) is 52.4 Å². The highest BCUT2D eigenvalue weighted by Gasteiger charge is 2.25. The zero-order chi connectivity index (χ0) is 20.5. The van der Waals surface area contributed by atoms with Crippen LogP contribution in [0.4, 0.5) is 0 Å². The van der Waals surface area contributed by atoms with Gasteiger partial charge in [-0.25, -0.2) is 9.78 Å². The number of aromatic nitrogens is 2. The molecule has 0 N–H and O–H groups in total. The Morgan fingerprint density at radius 2 is 2.03 bits per heavy atom. The lowest BCUT2D eigenvalue weighted by Gasteiger charge is -2.13. The lowest BCUT2D eigenvalue weighted by atomic mass is 10.1. The number of esters is 1. The van der Waals surface area contributed by atoms with Crippen LogP contribution in [-0.2, 0) is 4.74 Å². The second-order valence-corrected chi connectivity index (χ2v) is 7.79. The van der Waals surface area contributed by atoms with E-state index in [-0.39, 0.29) is 17.1 Å². The van der Waals surface area contributed by atoms with Gasteiger partial charge in [0.05, 0.1) is 27.2 Å². The number of pyridine rings is 1. The molecule has 4 aromatic rings. The van der Waals surface area contributed by atoms with E-state index in [1.807, 2.05) is 17.5 Å². The SMILES string of the molecule is Cc1noc2nc(-c3cccs3)cc(C(=O)OC(C)C(=O)c3cccc(Cl)c3)c12. The first-order chi connectivity index (χ1) is 13.9. The Balaban J connectivity index is 1.67. The summed E-state index contributed by atoms with van der Waals surface area (Å²) in [5.74, 6) is -0.990. The topological polar surface area (TPSA) is 82.3 Å². The number of rotatable bonds is 5. The van der Waals surface area contributed by atoms with Crippen molar-refractivity contribution in [3.63, 3.8) is 0 Å². The summed E-state index contributed by atoms with van der Waals surface area (Å²) < 4.78 is 10.7. The largest absolute Gasteiger partial charge is 0.451 e. The molecule has 0 aliphatic rings. The summed E-state index contributed by atoms with van der Waals surface area (Å²) in [5, 5.41) is 6.73. The van der Waals surface area contributed by atoms with Gasteiger partial charge in [-0.05, 0) is 43.5 Å². The number of ether oxygens (including phenoxy) is 1. The second-order valence-electron chi connectivity index (χ2n) is 6.40. The molecule has 1 aromatic carbocycles. The number of hydrogen-bond donors (Lipinski definition) is 0. The molecule has 8 heteroatoms. The molecule has 0 spiro atoms. The first-order valence-electron chi connectivity index (χ1n) is 8.75. The van der Waals surface area contributed by atoms with Crippen LogP contribution in [0.5, 0.6) is 0 Å². The van der Waals surface area contributed by atoms with E-state index < -0.39 is 12.1 Å². The normalized spacial score (nSPS) is 12.1. The summed E-state index contributed by atoms with van der Waals surface area (Å²) in [4.78, 5) is 30.9. The quantitative estimate of drug-likeness (QED) is 0.316. The lowest BCUT2D eigenvalue weighted by molar-refractivity contribution is 0.0320. The van der Waals surface area contributed by atoms with Gasteiger partial charge >= 0.3 is 5.97 Å². The fourth-order valence-corrected chi connectivity index (χ4v) is 3.84. The number of halogens is 1. The maximum atomic E-state index is 12.9. The van der Waals surface area contributed by atoms with Crippen molar-refractivity contribution in [1.82, 2.24) is 10.1 Å². The fraction of sp³-hybridized carbons (Fsp3) is 0.143. The van der Waals surface area contributed by atoms with Gasteiger partial charge in [-0.3, -0.25) is 4.79 Å². The van der Waals surface area contributed by atoms with Gasteiger partial charge in [-0.15, -0.1) is 11.3 Å². The van der Waals surface area contributed by atoms with Crippen LogP contribution in [-0.4, -0.2) is 28.0 Å². The number of carbonyl (C=O) groups is 2. The molecule has 6 nitrogen and oxygen atoms in total. The molecule has 0 aliphatic carbocycles. The van der Waals surface area contributed by atoms with Gasteiger partial charge in [0.15, 0.2) is 6.10 Å². The predicted octanol–water partition coefficient (Wildman–Crippen LogP) is 5.34. The summed E-state index contributed by atoms with van der Waals surface area (Å²) in [6.07, 6.45) is -0.991. The molecule has 1 unspecified atom stereocenters. The van der Waals surface area contributed by atoms with E-state index in [2.05, 4.69) is 10.1 Å². The third-order valence-corrected chi connectivity index (χ3v) is 5.50.